The van der Waals surface area contributed by atoms with Gasteiger partial charge in [0.25, 0.3) is 0 Å². The van der Waals surface area contributed by atoms with Gasteiger partial charge in [-0.15, -0.1) is 0 Å². The molecule has 1 heterocycles. The molecule has 3 nitrogen and oxygen atoms in total. The molecule has 14 heavy (non-hydrogen) atoms. The van der Waals surface area contributed by atoms with Crippen molar-refractivity contribution >= 4 is 0 Å². The Kier molecular flexibility index (Phi) is 3.10. The molecule has 0 aromatic heterocycles. The smallest absolute Gasteiger partial charge is 0.0692 e. The van der Waals surface area contributed by atoms with Gasteiger partial charge in [-0.3, -0.25) is 0 Å². The third kappa shape index (κ3) is 1.95. The lowest BCUT2D eigenvalue weighted by Crippen LogP contribution is -2.43. The SMILES string of the molecule is NCC(O)C1CCOC2(CCCC2)C1. The number of nitrogens with two attached hydrogens (primary N) is 1. The molecule has 0 amide bonds. The largest absolute Gasteiger partial charge is 0.392 e. The van der Waals surface area contributed by atoms with E-state index in [9.17, 15) is 5.11 Å². The average Bonchev–Trinajstić information content (AvgIpc) is 2.65. The quantitative estimate of drug-likeness (QED) is 0.699. The summed E-state index contributed by atoms with van der Waals surface area (Å²) in [6.45, 7) is 1.20. The Morgan fingerprint density at radius 2 is 2.14 bits per heavy atom. The summed E-state index contributed by atoms with van der Waals surface area (Å²) in [5.74, 6) is 0.367. The first-order chi connectivity index (χ1) is 6.76. The number of rotatable bonds is 2. The molecule has 2 atom stereocenters. The zero-order valence-corrected chi connectivity index (χ0v) is 8.74. The van der Waals surface area contributed by atoms with E-state index in [-0.39, 0.29) is 11.7 Å². The van der Waals surface area contributed by atoms with E-state index in [1.165, 1.54) is 25.7 Å². The summed E-state index contributed by atoms with van der Waals surface area (Å²) in [4.78, 5) is 0. The van der Waals surface area contributed by atoms with Crippen LogP contribution in [0.2, 0.25) is 0 Å². The van der Waals surface area contributed by atoms with Crippen molar-refractivity contribution in [1.82, 2.24) is 0 Å². The zero-order valence-electron chi connectivity index (χ0n) is 8.74. The Morgan fingerprint density at radius 1 is 1.43 bits per heavy atom. The van der Waals surface area contributed by atoms with Gasteiger partial charge in [-0.25, -0.2) is 0 Å². The van der Waals surface area contributed by atoms with Gasteiger partial charge in [-0.2, -0.15) is 0 Å². The molecule has 82 valence electrons. The molecule has 0 aromatic carbocycles. The maximum absolute atomic E-state index is 9.75. The Balaban J connectivity index is 1.96. The highest BCUT2D eigenvalue weighted by Gasteiger charge is 2.41. The lowest BCUT2D eigenvalue weighted by Gasteiger charge is -2.39. The van der Waals surface area contributed by atoms with E-state index in [0.717, 1.165) is 19.4 Å². The van der Waals surface area contributed by atoms with Crippen molar-refractivity contribution in [3.63, 3.8) is 0 Å². The van der Waals surface area contributed by atoms with Gasteiger partial charge in [-0.1, -0.05) is 12.8 Å². The summed E-state index contributed by atoms with van der Waals surface area (Å²) in [7, 11) is 0. The van der Waals surface area contributed by atoms with E-state index in [0.29, 0.717) is 12.5 Å². The summed E-state index contributed by atoms with van der Waals surface area (Å²) in [6.07, 6.45) is 6.60. The average molecular weight is 199 g/mol. The van der Waals surface area contributed by atoms with Crippen molar-refractivity contribution in [2.45, 2.75) is 50.2 Å². The minimum atomic E-state index is -0.323. The molecule has 3 heteroatoms. The molecule has 0 bridgehead atoms. The van der Waals surface area contributed by atoms with Crippen LogP contribution in [0.1, 0.15) is 38.5 Å². The molecule has 2 fully saturated rings. The van der Waals surface area contributed by atoms with Crippen LogP contribution in [0.15, 0.2) is 0 Å². The normalized spacial score (nSPS) is 33.4. The van der Waals surface area contributed by atoms with Crippen LogP contribution in [0.3, 0.4) is 0 Å². The molecular formula is C11H21NO2. The molecule has 1 aliphatic carbocycles. The molecule has 0 aromatic rings. The lowest BCUT2D eigenvalue weighted by molar-refractivity contribution is -0.111. The molecule has 2 unspecified atom stereocenters. The minimum Gasteiger partial charge on any atom is -0.392 e. The number of hydrogen-bond acceptors (Lipinski definition) is 3. The Morgan fingerprint density at radius 3 is 2.79 bits per heavy atom. The van der Waals surface area contributed by atoms with Crippen LogP contribution in [-0.4, -0.2) is 30.0 Å². The van der Waals surface area contributed by atoms with Gasteiger partial charge in [0.1, 0.15) is 0 Å². The molecule has 1 aliphatic heterocycles. The fourth-order valence-corrected chi connectivity index (χ4v) is 2.95. The van der Waals surface area contributed by atoms with Crippen molar-refractivity contribution in [2.24, 2.45) is 11.7 Å². The van der Waals surface area contributed by atoms with Crippen LogP contribution in [0.5, 0.6) is 0 Å². The van der Waals surface area contributed by atoms with Crippen LogP contribution in [-0.2, 0) is 4.74 Å². The Hall–Kier alpha value is -0.120. The van der Waals surface area contributed by atoms with Gasteiger partial charge in [-0.05, 0) is 31.6 Å². The van der Waals surface area contributed by atoms with Gasteiger partial charge < -0.3 is 15.6 Å². The van der Waals surface area contributed by atoms with Crippen molar-refractivity contribution in [3.8, 4) is 0 Å². The fraction of sp³-hybridized carbons (Fsp3) is 1.00. The predicted octanol–water partition coefficient (Wildman–Crippen LogP) is 1.05. The minimum absolute atomic E-state index is 0.110. The monoisotopic (exact) mass is 199 g/mol. The molecular weight excluding hydrogens is 178 g/mol. The third-order valence-corrected chi connectivity index (χ3v) is 3.83. The first kappa shape index (κ1) is 10.4. The van der Waals surface area contributed by atoms with E-state index >= 15 is 0 Å². The first-order valence-electron chi connectivity index (χ1n) is 5.78. The van der Waals surface area contributed by atoms with E-state index < -0.39 is 0 Å². The second-order valence-corrected chi connectivity index (χ2v) is 4.79. The van der Waals surface area contributed by atoms with Crippen LogP contribution in [0.4, 0.5) is 0 Å². The van der Waals surface area contributed by atoms with Crippen molar-refractivity contribution in [2.75, 3.05) is 13.2 Å². The number of aliphatic hydroxyl groups is 1. The summed E-state index contributed by atoms with van der Waals surface area (Å²) in [5, 5.41) is 9.75. The highest BCUT2D eigenvalue weighted by atomic mass is 16.5. The highest BCUT2D eigenvalue weighted by Crippen LogP contribution is 2.42. The standard InChI is InChI=1S/C11H21NO2/c12-8-10(13)9-3-6-14-11(7-9)4-1-2-5-11/h9-10,13H,1-8,12H2. The Bertz CT molecular complexity index is 190. The summed E-state index contributed by atoms with van der Waals surface area (Å²) < 4.78 is 5.90. The lowest BCUT2D eigenvalue weighted by atomic mass is 9.81. The van der Waals surface area contributed by atoms with Gasteiger partial charge in [0.2, 0.25) is 0 Å². The molecule has 1 saturated carbocycles. The number of ether oxygens (including phenoxy) is 1. The Labute approximate surface area is 85.6 Å². The van der Waals surface area contributed by atoms with Crippen molar-refractivity contribution in [3.05, 3.63) is 0 Å². The van der Waals surface area contributed by atoms with Crippen LogP contribution in [0, 0.1) is 5.92 Å². The highest BCUT2D eigenvalue weighted by molar-refractivity contribution is 4.92. The number of hydrogen-bond donors (Lipinski definition) is 2. The maximum atomic E-state index is 9.75. The molecule has 1 saturated heterocycles. The first-order valence-corrected chi connectivity index (χ1v) is 5.78. The van der Waals surface area contributed by atoms with Crippen LogP contribution in [0.25, 0.3) is 0 Å². The third-order valence-electron chi connectivity index (χ3n) is 3.83. The van der Waals surface area contributed by atoms with E-state index in [4.69, 9.17) is 10.5 Å². The van der Waals surface area contributed by atoms with E-state index in [2.05, 4.69) is 0 Å². The van der Waals surface area contributed by atoms with Crippen molar-refractivity contribution in [1.29, 1.82) is 0 Å². The fourth-order valence-electron chi connectivity index (χ4n) is 2.95. The second-order valence-electron chi connectivity index (χ2n) is 4.79. The van der Waals surface area contributed by atoms with Gasteiger partial charge in [0.15, 0.2) is 0 Å². The molecule has 2 rings (SSSR count). The van der Waals surface area contributed by atoms with Gasteiger partial charge in [0, 0.05) is 13.2 Å². The van der Waals surface area contributed by atoms with E-state index in [1.807, 2.05) is 0 Å². The molecule has 1 spiro atoms. The molecule has 0 radical (unpaired) electrons. The summed E-state index contributed by atoms with van der Waals surface area (Å²) >= 11 is 0. The number of aliphatic hydroxyl groups excluding tert-OH is 1. The second kappa shape index (κ2) is 4.17. The topological polar surface area (TPSA) is 55.5 Å². The molecule has 3 N–H and O–H groups in total. The molecule has 2 aliphatic rings. The van der Waals surface area contributed by atoms with Crippen LogP contribution >= 0.6 is 0 Å². The zero-order chi connectivity index (χ0) is 10.0. The summed E-state index contributed by atoms with van der Waals surface area (Å²) in [6, 6.07) is 0. The maximum Gasteiger partial charge on any atom is 0.0692 e. The predicted molar refractivity (Wildman–Crippen MR) is 54.9 cm³/mol. The summed E-state index contributed by atoms with van der Waals surface area (Å²) in [5.41, 5.74) is 5.61. The van der Waals surface area contributed by atoms with Gasteiger partial charge >= 0.3 is 0 Å². The van der Waals surface area contributed by atoms with E-state index in [1.54, 1.807) is 0 Å². The van der Waals surface area contributed by atoms with Gasteiger partial charge in [0.05, 0.1) is 11.7 Å². The van der Waals surface area contributed by atoms with Crippen molar-refractivity contribution < 1.29 is 9.84 Å². The van der Waals surface area contributed by atoms with Crippen LogP contribution < -0.4 is 5.73 Å².